The molecule has 0 spiro atoms. The number of rotatable bonds is 4. The Balaban J connectivity index is 2.25. The van der Waals surface area contributed by atoms with E-state index in [0.717, 1.165) is 6.39 Å². The van der Waals surface area contributed by atoms with Crippen LogP contribution in [0, 0.1) is 10.1 Å². The van der Waals surface area contributed by atoms with E-state index >= 15 is 0 Å². The van der Waals surface area contributed by atoms with Crippen LogP contribution in [0.3, 0.4) is 0 Å². The summed E-state index contributed by atoms with van der Waals surface area (Å²) < 4.78 is 4.56. The fourth-order valence-corrected chi connectivity index (χ4v) is 1.73. The molecule has 0 aliphatic carbocycles. The number of hydrogen-bond acceptors (Lipinski definition) is 6. The monoisotopic (exact) mass is 296 g/mol. The number of carbonyl (C=O) groups is 1. The highest BCUT2D eigenvalue weighted by Crippen LogP contribution is 2.23. The Bertz CT molecular complexity index is 644. The summed E-state index contributed by atoms with van der Waals surface area (Å²) in [5.41, 5.74) is -0.454. The first-order valence-electron chi connectivity index (χ1n) is 5.50. The van der Waals surface area contributed by atoms with Crippen molar-refractivity contribution in [2.45, 2.75) is 13.0 Å². The molecule has 0 saturated carbocycles. The molecule has 1 N–H and O–H groups in total. The van der Waals surface area contributed by atoms with E-state index in [-0.39, 0.29) is 22.1 Å². The van der Waals surface area contributed by atoms with Crippen LogP contribution >= 0.6 is 11.6 Å². The maximum absolute atomic E-state index is 12.1. The van der Waals surface area contributed by atoms with E-state index in [4.69, 9.17) is 11.6 Å². The largest absolute Gasteiger partial charge is 0.343 e. The first-order valence-corrected chi connectivity index (χ1v) is 5.88. The van der Waals surface area contributed by atoms with Gasteiger partial charge in [-0.1, -0.05) is 16.8 Å². The summed E-state index contributed by atoms with van der Waals surface area (Å²) in [6.45, 7) is 1.62. The quantitative estimate of drug-likeness (QED) is 0.683. The van der Waals surface area contributed by atoms with Gasteiger partial charge in [0.05, 0.1) is 11.0 Å². The number of nitrogens with one attached hydrogen (secondary N) is 1. The Morgan fingerprint density at radius 3 is 2.90 bits per heavy atom. The predicted octanol–water partition coefficient (Wildman–Crippen LogP) is 2.12. The van der Waals surface area contributed by atoms with Crippen molar-refractivity contribution in [3.63, 3.8) is 0 Å². The Morgan fingerprint density at radius 2 is 2.30 bits per heavy atom. The first kappa shape index (κ1) is 13.9. The maximum atomic E-state index is 12.1. The summed E-state index contributed by atoms with van der Waals surface area (Å²) in [6.07, 6.45) is 1.12. The van der Waals surface area contributed by atoms with Gasteiger partial charge in [0, 0.05) is 11.1 Å². The maximum Gasteiger partial charge on any atom is 0.282 e. The van der Waals surface area contributed by atoms with Gasteiger partial charge in [0.1, 0.15) is 5.56 Å². The molecule has 1 aromatic carbocycles. The van der Waals surface area contributed by atoms with Crippen molar-refractivity contribution < 1.29 is 14.2 Å². The summed E-state index contributed by atoms with van der Waals surface area (Å²) >= 11 is 5.76. The van der Waals surface area contributed by atoms with Crippen molar-refractivity contribution in [2.75, 3.05) is 0 Å². The smallest absolute Gasteiger partial charge is 0.282 e. The molecule has 0 saturated heterocycles. The van der Waals surface area contributed by atoms with Gasteiger partial charge in [-0.3, -0.25) is 14.9 Å². The van der Waals surface area contributed by atoms with E-state index in [1.54, 1.807) is 6.92 Å². The van der Waals surface area contributed by atoms with Crippen LogP contribution in [-0.2, 0) is 0 Å². The SMILES string of the molecule is C[C@H](NC(=O)c1cc(Cl)ccc1[N+](=O)[O-])c1ncon1. The van der Waals surface area contributed by atoms with Gasteiger partial charge in [-0.15, -0.1) is 0 Å². The number of carbonyl (C=O) groups excluding carboxylic acids is 1. The zero-order valence-corrected chi connectivity index (χ0v) is 11.0. The van der Waals surface area contributed by atoms with Gasteiger partial charge in [-0.2, -0.15) is 4.98 Å². The Hall–Kier alpha value is -2.48. The summed E-state index contributed by atoms with van der Waals surface area (Å²) in [6, 6.07) is 3.20. The number of amides is 1. The lowest BCUT2D eigenvalue weighted by molar-refractivity contribution is -0.385. The topological polar surface area (TPSA) is 111 Å². The van der Waals surface area contributed by atoms with E-state index in [1.807, 2.05) is 0 Å². The van der Waals surface area contributed by atoms with Gasteiger partial charge >= 0.3 is 0 Å². The molecular weight excluding hydrogens is 288 g/mol. The molecule has 1 amide bonds. The number of nitro groups is 1. The Kier molecular flexibility index (Phi) is 3.94. The van der Waals surface area contributed by atoms with Crippen molar-refractivity contribution in [1.82, 2.24) is 15.5 Å². The molecule has 0 fully saturated rings. The van der Waals surface area contributed by atoms with Crippen LogP contribution in [0.15, 0.2) is 29.1 Å². The van der Waals surface area contributed by atoms with Crippen LogP contribution in [0.25, 0.3) is 0 Å². The minimum Gasteiger partial charge on any atom is -0.343 e. The molecule has 1 atom stereocenters. The van der Waals surface area contributed by atoms with E-state index < -0.39 is 16.9 Å². The van der Waals surface area contributed by atoms with Crippen molar-refractivity contribution in [1.29, 1.82) is 0 Å². The standard InChI is InChI=1S/C11H9ClN4O4/c1-6(10-13-5-20-15-10)14-11(17)8-4-7(12)2-3-9(8)16(18)19/h2-6H,1H3,(H,14,17)/t6-/m0/s1. The second-order valence-corrected chi connectivity index (χ2v) is 4.34. The molecule has 9 heteroatoms. The molecule has 1 aromatic heterocycles. The second-order valence-electron chi connectivity index (χ2n) is 3.90. The van der Waals surface area contributed by atoms with Crippen LogP contribution in [-0.4, -0.2) is 21.0 Å². The zero-order chi connectivity index (χ0) is 14.7. The summed E-state index contributed by atoms with van der Waals surface area (Å²) in [4.78, 5) is 26.1. The van der Waals surface area contributed by atoms with Crippen molar-refractivity contribution in [3.8, 4) is 0 Å². The number of benzene rings is 1. The first-order chi connectivity index (χ1) is 9.49. The molecule has 0 aliphatic rings. The molecule has 2 aromatic rings. The van der Waals surface area contributed by atoms with Gasteiger partial charge < -0.3 is 9.84 Å². The zero-order valence-electron chi connectivity index (χ0n) is 10.2. The number of halogens is 1. The van der Waals surface area contributed by atoms with E-state index in [9.17, 15) is 14.9 Å². The number of hydrogen-bond donors (Lipinski definition) is 1. The predicted molar refractivity (Wildman–Crippen MR) is 68.3 cm³/mol. The third-order valence-electron chi connectivity index (χ3n) is 2.51. The Morgan fingerprint density at radius 1 is 1.55 bits per heavy atom. The molecular formula is C11H9ClN4O4. The minimum atomic E-state index is -0.649. The lowest BCUT2D eigenvalue weighted by Gasteiger charge is -2.10. The average Bonchev–Trinajstić information content (AvgIpc) is 2.92. The Labute approximate surface area is 117 Å². The summed E-state index contributed by atoms with van der Waals surface area (Å²) in [7, 11) is 0. The van der Waals surface area contributed by atoms with E-state index in [1.165, 1.54) is 18.2 Å². The van der Waals surface area contributed by atoms with Gasteiger partial charge in [0.25, 0.3) is 11.6 Å². The molecule has 1 heterocycles. The number of nitrogens with zero attached hydrogens (tertiary/aromatic N) is 3. The van der Waals surface area contributed by atoms with Gasteiger partial charge in [-0.05, 0) is 19.1 Å². The highest BCUT2D eigenvalue weighted by molar-refractivity contribution is 6.31. The molecule has 8 nitrogen and oxygen atoms in total. The summed E-state index contributed by atoms with van der Waals surface area (Å²) in [5, 5.41) is 17.2. The second kappa shape index (κ2) is 5.66. The van der Waals surface area contributed by atoms with Crippen LogP contribution in [0.2, 0.25) is 5.02 Å². The van der Waals surface area contributed by atoms with Crippen molar-refractivity contribution in [2.24, 2.45) is 0 Å². The molecule has 104 valence electrons. The highest BCUT2D eigenvalue weighted by Gasteiger charge is 2.23. The van der Waals surface area contributed by atoms with E-state index in [0.29, 0.717) is 0 Å². The number of nitro benzene ring substituents is 1. The van der Waals surface area contributed by atoms with Gasteiger partial charge in [0.2, 0.25) is 6.39 Å². The molecule has 0 radical (unpaired) electrons. The van der Waals surface area contributed by atoms with Crippen LogP contribution in [0.1, 0.15) is 29.1 Å². The molecule has 2 rings (SSSR count). The van der Waals surface area contributed by atoms with Crippen LogP contribution in [0.5, 0.6) is 0 Å². The third-order valence-corrected chi connectivity index (χ3v) is 2.75. The lowest BCUT2D eigenvalue weighted by atomic mass is 10.1. The molecule has 0 unspecified atom stereocenters. The normalized spacial score (nSPS) is 11.9. The summed E-state index contributed by atoms with van der Waals surface area (Å²) in [5.74, 6) is -0.375. The molecule has 0 bridgehead atoms. The minimum absolute atomic E-state index is 0.127. The van der Waals surface area contributed by atoms with Gasteiger partial charge in [0.15, 0.2) is 5.82 Å². The lowest BCUT2D eigenvalue weighted by Crippen LogP contribution is -2.28. The van der Waals surface area contributed by atoms with Crippen LogP contribution in [0.4, 0.5) is 5.69 Å². The van der Waals surface area contributed by atoms with Crippen LogP contribution < -0.4 is 5.32 Å². The van der Waals surface area contributed by atoms with E-state index in [2.05, 4.69) is 20.0 Å². The number of aromatic nitrogens is 2. The average molecular weight is 297 g/mol. The third kappa shape index (κ3) is 2.91. The van der Waals surface area contributed by atoms with Crippen molar-refractivity contribution >= 4 is 23.2 Å². The van der Waals surface area contributed by atoms with Crippen molar-refractivity contribution in [3.05, 3.63) is 51.1 Å². The highest BCUT2D eigenvalue weighted by atomic mass is 35.5. The fraction of sp³-hybridized carbons (Fsp3) is 0.182. The molecule has 20 heavy (non-hydrogen) atoms. The molecule has 0 aliphatic heterocycles. The fourth-order valence-electron chi connectivity index (χ4n) is 1.56. The van der Waals surface area contributed by atoms with Gasteiger partial charge in [-0.25, -0.2) is 0 Å².